The van der Waals surface area contributed by atoms with Crippen LogP contribution in [0.4, 0.5) is 0 Å². The molecule has 0 radical (unpaired) electrons. The number of ether oxygens (including phenoxy) is 1. The van der Waals surface area contributed by atoms with Crippen molar-refractivity contribution in [1.82, 2.24) is 10.3 Å². The summed E-state index contributed by atoms with van der Waals surface area (Å²) in [5, 5.41) is 2.89. The lowest BCUT2D eigenvalue weighted by Crippen LogP contribution is -2.24. The van der Waals surface area contributed by atoms with Gasteiger partial charge in [-0.1, -0.05) is 22.0 Å². The number of carbonyl (C=O) groups is 1. The third-order valence-corrected chi connectivity index (χ3v) is 4.66. The third-order valence-electron chi connectivity index (χ3n) is 2.99. The third kappa shape index (κ3) is 5.03. The summed E-state index contributed by atoms with van der Waals surface area (Å²) >= 11 is 4.97. The van der Waals surface area contributed by atoms with Crippen molar-refractivity contribution in [3.8, 4) is 5.88 Å². The Balaban J connectivity index is 1.80. The highest BCUT2D eigenvalue weighted by atomic mass is 79.9. The smallest absolute Gasteiger partial charge is 0.230 e. The van der Waals surface area contributed by atoms with E-state index >= 15 is 0 Å². The van der Waals surface area contributed by atoms with E-state index in [-0.39, 0.29) is 5.91 Å². The molecule has 6 heteroatoms. The molecular weight excluding hydrogens is 364 g/mol. The van der Waals surface area contributed by atoms with Crippen LogP contribution in [-0.2, 0) is 11.3 Å². The van der Waals surface area contributed by atoms with Gasteiger partial charge in [0.15, 0.2) is 0 Å². The van der Waals surface area contributed by atoms with Gasteiger partial charge in [-0.25, -0.2) is 4.98 Å². The molecule has 2 aromatic rings. The summed E-state index contributed by atoms with van der Waals surface area (Å²) in [6.07, 6.45) is 1.70. The van der Waals surface area contributed by atoms with Crippen molar-refractivity contribution in [3.05, 3.63) is 52.1 Å². The number of aromatic nitrogens is 1. The number of nitrogens with zero attached hydrogens (tertiary/aromatic N) is 1. The maximum Gasteiger partial charge on any atom is 0.230 e. The Morgan fingerprint density at radius 2 is 2.18 bits per heavy atom. The van der Waals surface area contributed by atoms with Crippen molar-refractivity contribution >= 4 is 33.6 Å². The lowest BCUT2D eigenvalue weighted by molar-refractivity contribution is -0.118. The number of benzene rings is 1. The molecule has 1 aromatic heterocycles. The van der Waals surface area contributed by atoms with Crippen molar-refractivity contribution < 1.29 is 9.53 Å². The molecule has 0 unspecified atom stereocenters. The topological polar surface area (TPSA) is 51.2 Å². The molecule has 2 rings (SSSR count). The number of carbonyl (C=O) groups excluding carboxylic acids is 1. The Bertz CT molecular complexity index is 647. The van der Waals surface area contributed by atoms with Gasteiger partial charge in [0, 0.05) is 28.2 Å². The highest BCUT2D eigenvalue weighted by molar-refractivity contribution is 9.10. The SMILES string of the molecule is COc1ccc(CNC(=O)CSc2ccc(Br)cc2C)cn1. The van der Waals surface area contributed by atoms with Crippen LogP contribution in [0.15, 0.2) is 45.9 Å². The van der Waals surface area contributed by atoms with E-state index in [1.165, 1.54) is 11.8 Å². The highest BCUT2D eigenvalue weighted by Gasteiger charge is 2.05. The molecular formula is C16H17BrN2O2S. The first-order valence-corrected chi connectivity index (χ1v) is 8.51. The molecule has 4 nitrogen and oxygen atoms in total. The second-order valence-corrected chi connectivity index (χ2v) is 6.62. The first-order chi connectivity index (χ1) is 10.6. The van der Waals surface area contributed by atoms with Crippen molar-refractivity contribution in [1.29, 1.82) is 0 Å². The average Bonchev–Trinajstić information content (AvgIpc) is 2.52. The number of methoxy groups -OCH3 is 1. The maximum absolute atomic E-state index is 11.9. The van der Waals surface area contributed by atoms with E-state index in [4.69, 9.17) is 4.74 Å². The maximum atomic E-state index is 11.9. The van der Waals surface area contributed by atoms with Gasteiger partial charge >= 0.3 is 0 Å². The van der Waals surface area contributed by atoms with Crippen molar-refractivity contribution in [2.75, 3.05) is 12.9 Å². The van der Waals surface area contributed by atoms with E-state index in [0.717, 1.165) is 20.5 Å². The van der Waals surface area contributed by atoms with Gasteiger partial charge in [0.05, 0.1) is 12.9 Å². The Morgan fingerprint density at radius 1 is 1.36 bits per heavy atom. The number of nitrogens with one attached hydrogen (secondary N) is 1. The zero-order valence-corrected chi connectivity index (χ0v) is 14.8. The highest BCUT2D eigenvalue weighted by Crippen LogP contribution is 2.25. The van der Waals surface area contributed by atoms with E-state index in [1.54, 1.807) is 19.4 Å². The fraction of sp³-hybridized carbons (Fsp3) is 0.250. The lowest BCUT2D eigenvalue weighted by Gasteiger charge is -2.07. The van der Waals surface area contributed by atoms with Crippen LogP contribution in [0.25, 0.3) is 0 Å². The molecule has 0 spiro atoms. The Morgan fingerprint density at radius 3 is 2.82 bits per heavy atom. The minimum Gasteiger partial charge on any atom is -0.481 e. The Kier molecular flexibility index (Phi) is 6.27. The van der Waals surface area contributed by atoms with E-state index in [9.17, 15) is 4.79 Å². The molecule has 0 saturated heterocycles. The van der Waals surface area contributed by atoms with Crippen LogP contribution in [0, 0.1) is 6.92 Å². The molecule has 0 atom stereocenters. The summed E-state index contributed by atoms with van der Waals surface area (Å²) in [5.74, 6) is 0.964. The molecule has 0 aliphatic carbocycles. The van der Waals surface area contributed by atoms with Crippen LogP contribution in [0.1, 0.15) is 11.1 Å². The predicted octanol–water partition coefficient (Wildman–Crippen LogP) is 3.57. The van der Waals surface area contributed by atoms with E-state index in [1.807, 2.05) is 31.2 Å². The summed E-state index contributed by atoms with van der Waals surface area (Å²) in [7, 11) is 1.57. The zero-order chi connectivity index (χ0) is 15.9. The number of halogens is 1. The van der Waals surface area contributed by atoms with E-state index < -0.39 is 0 Å². The second kappa shape index (κ2) is 8.19. The number of amides is 1. The quantitative estimate of drug-likeness (QED) is 0.778. The van der Waals surface area contributed by atoms with Crippen molar-refractivity contribution in [2.45, 2.75) is 18.4 Å². The van der Waals surface area contributed by atoms with E-state index in [0.29, 0.717) is 18.2 Å². The molecule has 1 heterocycles. The monoisotopic (exact) mass is 380 g/mol. The molecule has 1 amide bonds. The van der Waals surface area contributed by atoms with E-state index in [2.05, 4.69) is 26.2 Å². The number of aryl methyl sites for hydroxylation is 1. The molecule has 22 heavy (non-hydrogen) atoms. The normalized spacial score (nSPS) is 10.3. The largest absolute Gasteiger partial charge is 0.481 e. The number of thioether (sulfide) groups is 1. The lowest BCUT2D eigenvalue weighted by atomic mass is 10.2. The van der Waals surface area contributed by atoms with Crippen molar-refractivity contribution in [3.63, 3.8) is 0 Å². The van der Waals surface area contributed by atoms with Gasteiger partial charge in [-0.15, -0.1) is 11.8 Å². The molecule has 0 aliphatic rings. The van der Waals surface area contributed by atoms with Gasteiger partial charge in [-0.05, 0) is 36.2 Å². The fourth-order valence-corrected chi connectivity index (χ4v) is 3.12. The van der Waals surface area contributed by atoms with Gasteiger partial charge in [-0.3, -0.25) is 4.79 Å². The average molecular weight is 381 g/mol. The first kappa shape index (κ1) is 16.8. The summed E-state index contributed by atoms with van der Waals surface area (Å²) < 4.78 is 6.04. The minimum atomic E-state index is 0.00290. The van der Waals surface area contributed by atoms with Gasteiger partial charge < -0.3 is 10.1 Å². The van der Waals surface area contributed by atoms with Crippen LogP contribution in [0.3, 0.4) is 0 Å². The van der Waals surface area contributed by atoms with Gasteiger partial charge in [0.2, 0.25) is 11.8 Å². The van der Waals surface area contributed by atoms with Crippen LogP contribution in [0.2, 0.25) is 0 Å². The first-order valence-electron chi connectivity index (χ1n) is 6.73. The predicted molar refractivity (Wildman–Crippen MR) is 92.2 cm³/mol. The number of rotatable bonds is 6. The second-order valence-electron chi connectivity index (χ2n) is 4.68. The Labute approximate surface area is 142 Å². The molecule has 0 fully saturated rings. The van der Waals surface area contributed by atoms with Crippen LogP contribution in [0.5, 0.6) is 5.88 Å². The molecule has 1 N–H and O–H groups in total. The number of hydrogen-bond donors (Lipinski definition) is 1. The van der Waals surface area contributed by atoms with Gasteiger partial charge in [-0.2, -0.15) is 0 Å². The molecule has 0 aliphatic heterocycles. The van der Waals surface area contributed by atoms with Gasteiger partial charge in [0.25, 0.3) is 0 Å². The summed E-state index contributed by atoms with van der Waals surface area (Å²) in [4.78, 5) is 17.1. The van der Waals surface area contributed by atoms with Crippen LogP contribution >= 0.6 is 27.7 Å². The number of pyridine rings is 1. The summed E-state index contributed by atoms with van der Waals surface area (Å²) in [5.41, 5.74) is 2.10. The minimum absolute atomic E-state index is 0.00290. The Hall–Kier alpha value is -1.53. The van der Waals surface area contributed by atoms with Crippen molar-refractivity contribution in [2.24, 2.45) is 0 Å². The summed E-state index contributed by atoms with van der Waals surface area (Å²) in [6.45, 7) is 2.50. The van der Waals surface area contributed by atoms with Crippen LogP contribution < -0.4 is 10.1 Å². The number of hydrogen-bond acceptors (Lipinski definition) is 4. The van der Waals surface area contributed by atoms with Crippen LogP contribution in [-0.4, -0.2) is 23.8 Å². The van der Waals surface area contributed by atoms with Gasteiger partial charge in [0.1, 0.15) is 0 Å². The zero-order valence-electron chi connectivity index (χ0n) is 12.4. The fourth-order valence-electron chi connectivity index (χ4n) is 1.81. The molecule has 0 saturated carbocycles. The molecule has 0 bridgehead atoms. The standard InChI is InChI=1S/C16H17BrN2O2S/c1-11-7-13(17)4-5-14(11)22-10-15(20)18-8-12-3-6-16(21-2)19-9-12/h3-7,9H,8,10H2,1-2H3,(H,18,20). The summed E-state index contributed by atoms with van der Waals surface area (Å²) in [6, 6.07) is 9.71. The molecule has 116 valence electrons. The molecule has 1 aromatic carbocycles.